The van der Waals surface area contributed by atoms with Gasteiger partial charge in [-0.25, -0.2) is 9.37 Å². The summed E-state index contributed by atoms with van der Waals surface area (Å²) in [4.78, 5) is 27.3. The third-order valence-electron chi connectivity index (χ3n) is 8.40. The Morgan fingerprint density at radius 2 is 1.81 bits per heavy atom. The van der Waals surface area contributed by atoms with Crippen LogP contribution in [0.2, 0.25) is 20.1 Å². The molecule has 1 aromatic carbocycles. The molecule has 5 rings (SSSR count). The van der Waals surface area contributed by atoms with E-state index in [1.807, 2.05) is 39.5 Å². The molecule has 0 radical (unpaired) electrons. The Labute approximate surface area is 292 Å². The molecule has 1 saturated heterocycles. The van der Waals surface area contributed by atoms with Crippen molar-refractivity contribution in [1.82, 2.24) is 19.8 Å². The first-order chi connectivity index (χ1) is 22.2. The Kier molecular flexibility index (Phi) is 9.71. The molecule has 0 spiro atoms. The monoisotopic (exact) mass is 718 g/mol. The first-order valence-electron chi connectivity index (χ1n) is 14.7. The van der Waals surface area contributed by atoms with Crippen LogP contribution < -0.4 is 4.90 Å². The minimum atomic E-state index is -1.55. The van der Waals surface area contributed by atoms with Crippen molar-refractivity contribution in [3.63, 3.8) is 0 Å². The second-order valence-electron chi connectivity index (χ2n) is 11.9. The van der Waals surface area contributed by atoms with Crippen molar-refractivity contribution in [2.24, 2.45) is 0 Å². The van der Waals surface area contributed by atoms with E-state index < -0.39 is 27.8 Å². The number of phenols is 1. The lowest BCUT2D eigenvalue weighted by Crippen LogP contribution is -2.58. The molecule has 47 heavy (non-hydrogen) atoms. The quantitative estimate of drug-likeness (QED) is 0.156. The largest absolute Gasteiger partial charge is 0.506 e. The maximum absolute atomic E-state index is 14.6. The Morgan fingerprint density at radius 1 is 1.17 bits per heavy atom. The number of nitriles is 1. The summed E-state index contributed by atoms with van der Waals surface area (Å²) in [5.41, 5.74) is 2.35. The third kappa shape index (κ3) is 5.68. The van der Waals surface area contributed by atoms with Crippen LogP contribution >= 0.6 is 46.4 Å². The lowest BCUT2D eigenvalue weighted by atomic mass is 9.94. The van der Waals surface area contributed by atoms with Crippen LogP contribution in [0.4, 0.5) is 15.9 Å². The average Bonchev–Trinajstić information content (AvgIpc) is 3.02. The summed E-state index contributed by atoms with van der Waals surface area (Å²) >= 11 is 25.6. The minimum Gasteiger partial charge on any atom is -0.506 e. The normalized spacial score (nSPS) is 19.6. The van der Waals surface area contributed by atoms with Crippen LogP contribution in [0.15, 0.2) is 36.6 Å². The highest BCUT2D eigenvalue weighted by Crippen LogP contribution is 2.51. The van der Waals surface area contributed by atoms with Crippen molar-refractivity contribution < 1.29 is 19.4 Å². The topological polar surface area (TPSA) is 117 Å². The predicted octanol–water partition coefficient (Wildman–Crippen LogP) is 7.85. The van der Waals surface area contributed by atoms with Gasteiger partial charge in [0.15, 0.2) is 12.0 Å². The van der Waals surface area contributed by atoms with E-state index in [9.17, 15) is 24.7 Å². The number of aromatic nitrogens is 2. The number of pyridine rings is 2. The highest BCUT2D eigenvalue weighted by Gasteiger charge is 2.42. The highest BCUT2D eigenvalue weighted by atomic mass is 35.5. The Balaban J connectivity index is 1.84. The van der Waals surface area contributed by atoms with Gasteiger partial charge in [-0.1, -0.05) is 66.8 Å². The van der Waals surface area contributed by atoms with E-state index in [2.05, 4.69) is 17.6 Å². The van der Waals surface area contributed by atoms with Gasteiger partial charge in [-0.15, -0.1) is 0 Å². The number of aryl methyl sites for hydroxylation is 1. The number of piperazine rings is 1. The summed E-state index contributed by atoms with van der Waals surface area (Å²) in [6.07, 6.45) is 1.38. The van der Waals surface area contributed by atoms with Crippen molar-refractivity contribution in [1.29, 1.82) is 5.26 Å². The number of phenolic OH excluding ortho intramolecular Hbond substituents is 1. The molecule has 1 fully saturated rings. The third-order valence-corrected chi connectivity index (χ3v) is 9.87. The van der Waals surface area contributed by atoms with E-state index in [0.717, 1.165) is 5.56 Å². The van der Waals surface area contributed by atoms with E-state index in [0.29, 0.717) is 35.7 Å². The van der Waals surface area contributed by atoms with Gasteiger partial charge in [0.05, 0.1) is 43.4 Å². The van der Waals surface area contributed by atoms with E-state index in [-0.39, 0.29) is 56.6 Å². The summed E-state index contributed by atoms with van der Waals surface area (Å²) in [6, 6.07) is 4.96. The first kappa shape index (κ1) is 34.7. The van der Waals surface area contributed by atoms with Gasteiger partial charge in [0.1, 0.15) is 28.2 Å². The molecule has 3 atom stereocenters. The van der Waals surface area contributed by atoms with Crippen LogP contribution in [0.25, 0.3) is 17.0 Å². The lowest BCUT2D eigenvalue weighted by molar-refractivity contribution is -0.132. The highest BCUT2D eigenvalue weighted by molar-refractivity contribution is 6.46. The molecule has 14 heteroatoms. The van der Waals surface area contributed by atoms with Gasteiger partial charge in [-0.05, 0) is 50.5 Å². The molecule has 9 nitrogen and oxygen atoms in total. The molecule has 3 aromatic rings. The fourth-order valence-corrected chi connectivity index (χ4v) is 7.33. The number of anilines is 2. The van der Waals surface area contributed by atoms with Gasteiger partial charge in [0.25, 0.3) is 0 Å². The summed E-state index contributed by atoms with van der Waals surface area (Å²) in [6.45, 7) is 13.8. The summed E-state index contributed by atoms with van der Waals surface area (Å²) in [5, 5.41) is 32.0. The van der Waals surface area contributed by atoms with Crippen LogP contribution in [0.3, 0.4) is 0 Å². The molecule has 1 unspecified atom stereocenters. The molecule has 2 aromatic heterocycles. The number of hydrogen-bond donors (Lipinski definition) is 2. The van der Waals surface area contributed by atoms with Crippen LogP contribution in [0.1, 0.15) is 50.4 Å². The molecule has 0 saturated carbocycles. The van der Waals surface area contributed by atoms with Gasteiger partial charge in [0, 0.05) is 36.9 Å². The van der Waals surface area contributed by atoms with E-state index in [1.54, 1.807) is 23.2 Å². The van der Waals surface area contributed by atoms with Crippen LogP contribution in [-0.2, 0) is 4.79 Å². The molecular formula is C33H31Cl4FN6O3. The number of nitrogens with zero attached hydrogens (tertiary/aromatic N) is 6. The van der Waals surface area contributed by atoms with E-state index in [4.69, 9.17) is 51.4 Å². The number of hydrogen-bond acceptors (Lipinski definition) is 8. The molecule has 246 valence electrons. The maximum Gasteiger partial charge on any atom is 0.246 e. The maximum atomic E-state index is 14.6. The van der Waals surface area contributed by atoms with Gasteiger partial charge in [-0.2, -0.15) is 5.26 Å². The van der Waals surface area contributed by atoms with Crippen molar-refractivity contribution in [2.45, 2.75) is 58.8 Å². The van der Waals surface area contributed by atoms with Gasteiger partial charge in [-0.3, -0.25) is 14.7 Å². The molecular weight excluding hydrogens is 689 g/mol. The number of halogens is 5. The number of aliphatic hydroxyl groups is 1. The van der Waals surface area contributed by atoms with Crippen molar-refractivity contribution >= 4 is 69.5 Å². The van der Waals surface area contributed by atoms with Crippen molar-refractivity contribution in [3.8, 4) is 23.1 Å². The zero-order valence-corrected chi connectivity index (χ0v) is 29.1. The van der Waals surface area contributed by atoms with E-state index >= 15 is 0 Å². The smallest absolute Gasteiger partial charge is 0.246 e. The van der Waals surface area contributed by atoms with Gasteiger partial charge in [0.2, 0.25) is 5.91 Å². The number of benzene rings is 1. The average molecular weight is 720 g/mol. The van der Waals surface area contributed by atoms with Crippen LogP contribution in [-0.4, -0.2) is 67.3 Å². The summed E-state index contributed by atoms with van der Waals surface area (Å²) < 4.78 is 14.6. The van der Waals surface area contributed by atoms with Crippen LogP contribution in [0, 0.1) is 24.1 Å². The fourth-order valence-electron chi connectivity index (χ4n) is 6.39. The predicted molar refractivity (Wildman–Crippen MR) is 183 cm³/mol. The minimum absolute atomic E-state index is 0.0257. The van der Waals surface area contributed by atoms with Crippen molar-refractivity contribution in [2.75, 3.05) is 18.0 Å². The number of aliphatic hydroxyl groups excluding tert-OH is 1. The van der Waals surface area contributed by atoms with E-state index in [1.165, 1.54) is 11.0 Å². The van der Waals surface area contributed by atoms with Gasteiger partial charge < -0.3 is 20.0 Å². The molecule has 2 N–H and O–H groups in total. The Hall–Kier alpha value is -3.59. The number of amides is 1. The Morgan fingerprint density at radius 3 is 2.38 bits per heavy atom. The number of carbonyl (C=O) groups is 1. The molecule has 2 aliphatic rings. The lowest BCUT2D eigenvalue weighted by Gasteiger charge is -2.48. The first-order valence-corrected chi connectivity index (χ1v) is 16.2. The van der Waals surface area contributed by atoms with Crippen LogP contribution in [0.5, 0.6) is 5.75 Å². The number of aromatic hydroxyl groups is 1. The zero-order valence-electron chi connectivity index (χ0n) is 26.1. The number of fused-ring (bicyclic) bond motifs is 1. The summed E-state index contributed by atoms with van der Waals surface area (Å²) in [7, 11) is 0. The molecule has 0 bridgehead atoms. The number of carbonyl (C=O) groups excluding carboxylic acids is 1. The molecule has 0 aliphatic carbocycles. The zero-order chi connectivity index (χ0) is 34.6. The SMILES string of the molecule is C=CC(=O)N1[C@H](C)CN(C2=C(C#N)C(O)N(c3c(C)ccnc3C(C)C)c3nc(-c4c(O)c(Cl)c(F)c(Cl)c4Cl)c(Cl)cc32)C[C@@H]1C. The van der Waals surface area contributed by atoms with Crippen molar-refractivity contribution in [3.05, 3.63) is 79.3 Å². The molecule has 4 heterocycles. The summed E-state index contributed by atoms with van der Waals surface area (Å²) in [5.74, 6) is -2.00. The second kappa shape index (κ2) is 13.1. The second-order valence-corrected chi connectivity index (χ2v) is 13.4. The standard InChI is InChI=1S/C33H31Cl4FN6O3/c1-7-21(45)43-16(5)12-42(13-17(43)6)30-18-10-20(34)28(22-23(35)24(36)26(38)25(37)31(22)46)41-32(18)44(33(47)19(30)11-39)29-15(4)8-9-40-27(29)14(2)3/h7-10,14,16-17,33,46-47H,1,12-13H2,2-6H3/t16-,17+,33?. The van der Waals surface area contributed by atoms with Gasteiger partial charge >= 0.3 is 0 Å². The molecule has 1 amide bonds. The fraction of sp³-hybridized carbons (Fsp3) is 0.333. The number of rotatable bonds is 5. The Bertz CT molecular complexity index is 1850. The molecule has 2 aliphatic heterocycles.